The fourth-order valence-electron chi connectivity index (χ4n) is 2.00. The molecule has 0 aliphatic heterocycles. The molecule has 1 heterocycles. The molecule has 0 bridgehead atoms. The normalized spacial score (nSPS) is 10.5. The summed E-state index contributed by atoms with van der Waals surface area (Å²) in [4.78, 5) is 8.27. The fraction of sp³-hybridized carbons (Fsp3) is 0. The van der Waals surface area contributed by atoms with Gasteiger partial charge in [0, 0.05) is 10.2 Å². The van der Waals surface area contributed by atoms with Gasteiger partial charge in [-0.1, -0.05) is 23.7 Å². The van der Waals surface area contributed by atoms with Gasteiger partial charge < -0.3 is 16.4 Å². The van der Waals surface area contributed by atoms with E-state index in [2.05, 4.69) is 36.5 Å². The standard InChI is InChI=1S/C16H12BrClFN5/c17-10-3-1-2-4-13(10)24-16-14(20)15(21-8-22-16)23-9-5-6-12(19)11(18)7-9/h1-8H,20H2,(H2,21,22,23,24). The van der Waals surface area contributed by atoms with Gasteiger partial charge in [0.25, 0.3) is 0 Å². The second-order valence-corrected chi connectivity index (χ2v) is 6.10. The molecule has 0 aliphatic rings. The lowest BCUT2D eigenvalue weighted by atomic mass is 10.3. The quantitative estimate of drug-likeness (QED) is 0.560. The Morgan fingerprint density at radius 3 is 2.46 bits per heavy atom. The number of hydrogen-bond donors (Lipinski definition) is 3. The van der Waals surface area contributed by atoms with Crippen LogP contribution in [-0.4, -0.2) is 9.97 Å². The van der Waals surface area contributed by atoms with Gasteiger partial charge in [-0.15, -0.1) is 0 Å². The molecule has 0 unspecified atom stereocenters. The third-order valence-corrected chi connectivity index (χ3v) is 4.17. The van der Waals surface area contributed by atoms with Crippen molar-refractivity contribution < 1.29 is 4.39 Å². The summed E-state index contributed by atoms with van der Waals surface area (Å²) in [7, 11) is 0. The largest absolute Gasteiger partial charge is 0.393 e. The van der Waals surface area contributed by atoms with Gasteiger partial charge in [-0.3, -0.25) is 0 Å². The second-order valence-electron chi connectivity index (χ2n) is 4.84. The van der Waals surface area contributed by atoms with Gasteiger partial charge in [0.05, 0.1) is 10.7 Å². The highest BCUT2D eigenvalue weighted by atomic mass is 79.9. The Morgan fingerprint density at radius 2 is 1.75 bits per heavy atom. The van der Waals surface area contributed by atoms with Crippen LogP contribution in [-0.2, 0) is 0 Å². The molecule has 5 nitrogen and oxygen atoms in total. The monoisotopic (exact) mass is 407 g/mol. The Balaban J connectivity index is 1.88. The Hall–Kier alpha value is -2.38. The summed E-state index contributed by atoms with van der Waals surface area (Å²) in [5, 5.41) is 6.15. The first-order chi connectivity index (χ1) is 11.5. The molecule has 0 saturated heterocycles. The van der Waals surface area contributed by atoms with Crippen LogP contribution in [0.4, 0.5) is 33.1 Å². The Bertz CT molecular complexity index is 890. The molecule has 0 spiro atoms. The van der Waals surface area contributed by atoms with Crippen molar-refractivity contribution in [1.29, 1.82) is 0 Å². The van der Waals surface area contributed by atoms with Crippen molar-refractivity contribution in [1.82, 2.24) is 9.97 Å². The highest BCUT2D eigenvalue weighted by Gasteiger charge is 2.10. The van der Waals surface area contributed by atoms with Gasteiger partial charge in [0.15, 0.2) is 11.6 Å². The lowest BCUT2D eigenvalue weighted by Gasteiger charge is -2.13. The number of nitrogen functional groups attached to an aromatic ring is 1. The minimum atomic E-state index is -0.492. The molecular formula is C16H12BrClFN5. The number of hydrogen-bond acceptors (Lipinski definition) is 5. The molecule has 122 valence electrons. The third kappa shape index (κ3) is 3.58. The van der Waals surface area contributed by atoms with Crippen molar-refractivity contribution in [3.8, 4) is 0 Å². The van der Waals surface area contributed by atoms with Crippen molar-refractivity contribution in [2.24, 2.45) is 0 Å². The van der Waals surface area contributed by atoms with E-state index in [9.17, 15) is 4.39 Å². The number of rotatable bonds is 4. The van der Waals surface area contributed by atoms with Crippen LogP contribution in [0.15, 0.2) is 53.3 Å². The fourth-order valence-corrected chi connectivity index (χ4v) is 2.56. The summed E-state index contributed by atoms with van der Waals surface area (Å²) in [5.41, 5.74) is 7.84. The summed E-state index contributed by atoms with van der Waals surface area (Å²) in [6.07, 6.45) is 1.38. The van der Waals surface area contributed by atoms with Crippen LogP contribution in [0.25, 0.3) is 0 Å². The van der Waals surface area contributed by atoms with Gasteiger partial charge in [-0.25, -0.2) is 14.4 Å². The van der Waals surface area contributed by atoms with E-state index in [0.29, 0.717) is 23.0 Å². The number of aromatic nitrogens is 2. The van der Waals surface area contributed by atoms with Crippen LogP contribution < -0.4 is 16.4 Å². The summed E-state index contributed by atoms with van der Waals surface area (Å²) in [6.45, 7) is 0. The van der Waals surface area contributed by atoms with Crippen molar-refractivity contribution in [2.75, 3.05) is 16.4 Å². The van der Waals surface area contributed by atoms with E-state index in [-0.39, 0.29) is 5.02 Å². The maximum absolute atomic E-state index is 13.2. The third-order valence-electron chi connectivity index (χ3n) is 3.19. The summed E-state index contributed by atoms with van der Waals surface area (Å²) >= 11 is 9.23. The second kappa shape index (κ2) is 7.02. The molecule has 0 amide bonds. The Morgan fingerprint density at radius 1 is 1.04 bits per heavy atom. The Labute approximate surface area is 151 Å². The minimum Gasteiger partial charge on any atom is -0.393 e. The van der Waals surface area contributed by atoms with Crippen LogP contribution in [0.5, 0.6) is 0 Å². The van der Waals surface area contributed by atoms with Crippen LogP contribution in [0, 0.1) is 5.82 Å². The van der Waals surface area contributed by atoms with Gasteiger partial charge >= 0.3 is 0 Å². The predicted molar refractivity (Wildman–Crippen MR) is 98.6 cm³/mol. The molecule has 3 aromatic rings. The van der Waals surface area contributed by atoms with E-state index >= 15 is 0 Å². The highest BCUT2D eigenvalue weighted by molar-refractivity contribution is 9.10. The average Bonchev–Trinajstić information content (AvgIpc) is 2.57. The molecule has 24 heavy (non-hydrogen) atoms. The molecule has 1 aromatic heterocycles. The number of halogens is 3. The maximum atomic E-state index is 13.2. The smallest absolute Gasteiger partial charge is 0.159 e. The maximum Gasteiger partial charge on any atom is 0.159 e. The number of benzene rings is 2. The van der Waals surface area contributed by atoms with Crippen LogP contribution in [0.2, 0.25) is 5.02 Å². The van der Waals surface area contributed by atoms with E-state index in [1.54, 1.807) is 6.07 Å². The number of anilines is 5. The van der Waals surface area contributed by atoms with Crippen molar-refractivity contribution in [3.63, 3.8) is 0 Å². The molecule has 3 rings (SSSR count). The number of nitrogens with two attached hydrogens (primary N) is 1. The van der Waals surface area contributed by atoms with Crippen LogP contribution in [0.1, 0.15) is 0 Å². The zero-order chi connectivity index (χ0) is 17.1. The van der Waals surface area contributed by atoms with Crippen LogP contribution in [0.3, 0.4) is 0 Å². The van der Waals surface area contributed by atoms with E-state index < -0.39 is 5.82 Å². The molecule has 0 saturated carbocycles. The van der Waals surface area contributed by atoms with E-state index in [1.165, 1.54) is 18.5 Å². The van der Waals surface area contributed by atoms with Crippen molar-refractivity contribution in [3.05, 3.63) is 64.1 Å². The molecule has 4 N–H and O–H groups in total. The number of para-hydroxylation sites is 1. The zero-order valence-electron chi connectivity index (χ0n) is 12.2. The molecule has 8 heteroatoms. The molecule has 0 aliphatic carbocycles. The SMILES string of the molecule is Nc1c(Nc2ccc(F)c(Cl)c2)ncnc1Nc1ccccc1Br. The molecule has 0 atom stereocenters. The summed E-state index contributed by atoms with van der Waals surface area (Å²) in [6, 6.07) is 11.9. The first-order valence-electron chi connectivity index (χ1n) is 6.88. The van der Waals surface area contributed by atoms with Gasteiger partial charge in [0.1, 0.15) is 17.8 Å². The van der Waals surface area contributed by atoms with Crippen molar-refractivity contribution in [2.45, 2.75) is 0 Å². The molecule has 0 fully saturated rings. The molecule has 0 radical (unpaired) electrons. The highest BCUT2D eigenvalue weighted by Crippen LogP contribution is 2.31. The van der Waals surface area contributed by atoms with Gasteiger partial charge in [-0.2, -0.15) is 0 Å². The first kappa shape index (κ1) is 16.5. The number of nitrogens with zero attached hydrogens (tertiary/aromatic N) is 2. The lowest BCUT2D eigenvalue weighted by Crippen LogP contribution is -2.05. The first-order valence-corrected chi connectivity index (χ1v) is 8.06. The molecule has 2 aromatic carbocycles. The molecular weight excluding hydrogens is 397 g/mol. The topological polar surface area (TPSA) is 75.9 Å². The van der Waals surface area contributed by atoms with E-state index in [1.807, 2.05) is 24.3 Å². The number of nitrogens with one attached hydrogen (secondary N) is 2. The predicted octanol–water partition coefficient (Wildman–Crippen LogP) is 5.10. The summed E-state index contributed by atoms with van der Waals surface area (Å²) in [5.74, 6) is 0.351. The van der Waals surface area contributed by atoms with Gasteiger partial charge in [-0.05, 0) is 46.3 Å². The average molecular weight is 409 g/mol. The van der Waals surface area contributed by atoms with Crippen molar-refractivity contribution >= 4 is 56.2 Å². The Kier molecular flexibility index (Phi) is 4.82. The van der Waals surface area contributed by atoms with Crippen LogP contribution >= 0.6 is 27.5 Å². The lowest BCUT2D eigenvalue weighted by molar-refractivity contribution is 0.628. The van der Waals surface area contributed by atoms with Gasteiger partial charge in [0.2, 0.25) is 0 Å². The van der Waals surface area contributed by atoms with E-state index in [0.717, 1.165) is 10.2 Å². The van der Waals surface area contributed by atoms with E-state index in [4.69, 9.17) is 17.3 Å². The minimum absolute atomic E-state index is 0.0131. The zero-order valence-corrected chi connectivity index (χ0v) is 14.6. The summed E-state index contributed by atoms with van der Waals surface area (Å²) < 4.78 is 14.1.